The molecule has 0 aromatic heterocycles. The number of carbonyl (C=O) groups excluding carboxylic acids is 2. The molecular formula is C21H24N2O3. The third kappa shape index (κ3) is 5.77. The monoisotopic (exact) mass is 352 g/mol. The van der Waals surface area contributed by atoms with Crippen LogP contribution in [-0.2, 0) is 16.1 Å². The Bertz CT molecular complexity index is 782. The molecule has 0 aliphatic carbocycles. The number of aryl methyl sites for hydroxylation is 1. The predicted molar refractivity (Wildman–Crippen MR) is 104 cm³/mol. The van der Waals surface area contributed by atoms with E-state index in [-0.39, 0.29) is 12.0 Å². The maximum absolute atomic E-state index is 12.3. The minimum absolute atomic E-state index is 0.178. The van der Waals surface area contributed by atoms with Gasteiger partial charge in [0.05, 0.1) is 6.61 Å². The Hall–Kier alpha value is -3.08. The number of carbonyl (C=O) groups is 2. The van der Waals surface area contributed by atoms with Crippen molar-refractivity contribution in [2.45, 2.75) is 20.4 Å². The van der Waals surface area contributed by atoms with E-state index in [9.17, 15) is 9.59 Å². The van der Waals surface area contributed by atoms with Crippen molar-refractivity contribution in [2.24, 2.45) is 0 Å². The SMILES string of the molecule is CCOC(=O)/C=C/c1ccc(NC(=O)N(C)Cc2ccccc2C)cc1. The molecule has 5 heteroatoms. The first-order valence-corrected chi connectivity index (χ1v) is 8.51. The van der Waals surface area contributed by atoms with Crippen LogP contribution in [0, 0.1) is 6.92 Å². The number of ether oxygens (including phenoxy) is 1. The fourth-order valence-corrected chi connectivity index (χ4v) is 2.37. The molecule has 2 amide bonds. The van der Waals surface area contributed by atoms with Crippen molar-refractivity contribution in [2.75, 3.05) is 19.0 Å². The van der Waals surface area contributed by atoms with Gasteiger partial charge in [0, 0.05) is 25.4 Å². The average Bonchev–Trinajstić information content (AvgIpc) is 2.63. The number of rotatable bonds is 6. The number of esters is 1. The molecule has 0 unspecified atom stereocenters. The Morgan fingerprint density at radius 2 is 1.81 bits per heavy atom. The predicted octanol–water partition coefficient (Wildman–Crippen LogP) is 4.24. The second-order valence-corrected chi connectivity index (χ2v) is 5.92. The fourth-order valence-electron chi connectivity index (χ4n) is 2.37. The van der Waals surface area contributed by atoms with Crippen LogP contribution in [0.3, 0.4) is 0 Å². The molecule has 5 nitrogen and oxygen atoms in total. The lowest BCUT2D eigenvalue weighted by molar-refractivity contribution is -0.137. The number of urea groups is 1. The summed E-state index contributed by atoms with van der Waals surface area (Å²) in [5.41, 5.74) is 3.82. The van der Waals surface area contributed by atoms with Crippen LogP contribution >= 0.6 is 0 Å². The molecule has 0 bridgehead atoms. The van der Waals surface area contributed by atoms with Gasteiger partial charge in [0.1, 0.15) is 0 Å². The first kappa shape index (κ1) is 19.2. The van der Waals surface area contributed by atoms with Crippen molar-refractivity contribution in [1.29, 1.82) is 0 Å². The van der Waals surface area contributed by atoms with E-state index < -0.39 is 0 Å². The maximum Gasteiger partial charge on any atom is 0.330 e. The molecule has 2 aromatic carbocycles. The summed E-state index contributed by atoms with van der Waals surface area (Å²) < 4.78 is 4.84. The summed E-state index contributed by atoms with van der Waals surface area (Å²) in [6.45, 7) is 4.69. The number of anilines is 1. The van der Waals surface area contributed by atoms with Gasteiger partial charge in [-0.25, -0.2) is 9.59 Å². The Balaban J connectivity index is 1.92. The molecule has 0 aliphatic rings. The lowest BCUT2D eigenvalue weighted by atomic mass is 10.1. The Kier molecular flexibility index (Phi) is 6.97. The molecule has 0 heterocycles. The third-order valence-electron chi connectivity index (χ3n) is 3.88. The molecule has 2 rings (SSSR count). The largest absolute Gasteiger partial charge is 0.463 e. The minimum atomic E-state index is -0.372. The summed E-state index contributed by atoms with van der Waals surface area (Å²) in [5.74, 6) is -0.372. The van der Waals surface area contributed by atoms with Crippen molar-refractivity contribution in [1.82, 2.24) is 4.90 Å². The van der Waals surface area contributed by atoms with Crippen molar-refractivity contribution < 1.29 is 14.3 Å². The first-order chi connectivity index (χ1) is 12.5. The number of amides is 2. The number of nitrogens with one attached hydrogen (secondary N) is 1. The van der Waals surface area contributed by atoms with Crippen LogP contribution in [0.2, 0.25) is 0 Å². The van der Waals surface area contributed by atoms with Crippen LogP contribution in [0.15, 0.2) is 54.6 Å². The zero-order chi connectivity index (χ0) is 18.9. The summed E-state index contributed by atoms with van der Waals surface area (Å²) in [6.07, 6.45) is 3.06. The van der Waals surface area contributed by atoms with Gasteiger partial charge in [-0.15, -0.1) is 0 Å². The zero-order valence-electron chi connectivity index (χ0n) is 15.4. The Labute approximate surface area is 154 Å². The second-order valence-electron chi connectivity index (χ2n) is 5.92. The molecule has 0 saturated carbocycles. The van der Waals surface area contributed by atoms with Gasteiger partial charge in [0.15, 0.2) is 0 Å². The summed E-state index contributed by atoms with van der Waals surface area (Å²) in [6, 6.07) is 15.1. The molecule has 1 N–H and O–H groups in total. The van der Waals surface area contributed by atoms with Gasteiger partial charge in [-0.1, -0.05) is 36.4 Å². The molecule has 0 aliphatic heterocycles. The van der Waals surface area contributed by atoms with Crippen molar-refractivity contribution >= 4 is 23.8 Å². The molecule has 0 fully saturated rings. The molecule has 136 valence electrons. The van der Waals surface area contributed by atoms with Crippen LogP contribution in [0.25, 0.3) is 6.08 Å². The molecule has 0 radical (unpaired) electrons. The highest BCUT2D eigenvalue weighted by Gasteiger charge is 2.10. The Morgan fingerprint density at radius 1 is 1.12 bits per heavy atom. The number of hydrogen-bond acceptors (Lipinski definition) is 3. The second kappa shape index (κ2) is 9.42. The van der Waals surface area contributed by atoms with Gasteiger partial charge in [-0.3, -0.25) is 0 Å². The first-order valence-electron chi connectivity index (χ1n) is 8.51. The van der Waals surface area contributed by atoms with Crippen LogP contribution < -0.4 is 5.32 Å². The van der Waals surface area contributed by atoms with Gasteiger partial charge < -0.3 is 15.0 Å². The van der Waals surface area contributed by atoms with E-state index in [0.717, 1.165) is 16.7 Å². The molecule has 2 aromatic rings. The van der Waals surface area contributed by atoms with Crippen LogP contribution in [0.4, 0.5) is 10.5 Å². The van der Waals surface area contributed by atoms with E-state index in [2.05, 4.69) is 5.32 Å². The highest BCUT2D eigenvalue weighted by molar-refractivity contribution is 5.90. The van der Waals surface area contributed by atoms with Crippen molar-refractivity contribution in [3.63, 3.8) is 0 Å². The van der Waals surface area contributed by atoms with Gasteiger partial charge >= 0.3 is 12.0 Å². The molecule has 0 saturated heterocycles. The lowest BCUT2D eigenvalue weighted by Gasteiger charge is -2.19. The zero-order valence-corrected chi connectivity index (χ0v) is 15.4. The maximum atomic E-state index is 12.3. The quantitative estimate of drug-likeness (QED) is 0.625. The van der Waals surface area contributed by atoms with Crippen molar-refractivity contribution in [3.05, 3.63) is 71.3 Å². The minimum Gasteiger partial charge on any atom is -0.463 e. The van der Waals surface area contributed by atoms with E-state index in [1.165, 1.54) is 6.08 Å². The highest BCUT2D eigenvalue weighted by atomic mass is 16.5. The van der Waals surface area contributed by atoms with Crippen molar-refractivity contribution in [3.8, 4) is 0 Å². The van der Waals surface area contributed by atoms with Crippen LogP contribution in [0.1, 0.15) is 23.6 Å². The van der Waals surface area contributed by atoms with Gasteiger partial charge in [0.25, 0.3) is 0 Å². The highest BCUT2D eigenvalue weighted by Crippen LogP contribution is 2.13. The van der Waals surface area contributed by atoms with Gasteiger partial charge in [-0.2, -0.15) is 0 Å². The summed E-state index contributed by atoms with van der Waals surface area (Å²) in [5, 5.41) is 2.87. The van der Waals surface area contributed by atoms with E-state index in [1.807, 2.05) is 43.3 Å². The summed E-state index contributed by atoms with van der Waals surface area (Å²) in [7, 11) is 1.76. The molecule has 26 heavy (non-hydrogen) atoms. The third-order valence-corrected chi connectivity index (χ3v) is 3.88. The summed E-state index contributed by atoms with van der Waals surface area (Å²) >= 11 is 0. The van der Waals surface area contributed by atoms with Gasteiger partial charge in [0.2, 0.25) is 0 Å². The van der Waals surface area contributed by atoms with Crippen LogP contribution in [-0.4, -0.2) is 30.6 Å². The normalized spacial score (nSPS) is 10.6. The fraction of sp³-hybridized carbons (Fsp3) is 0.238. The summed E-state index contributed by atoms with van der Waals surface area (Å²) in [4.78, 5) is 25.3. The number of nitrogens with zero attached hydrogens (tertiary/aromatic N) is 1. The topological polar surface area (TPSA) is 58.6 Å². The standard InChI is InChI=1S/C21H24N2O3/c1-4-26-20(24)14-11-17-9-12-19(13-10-17)22-21(25)23(3)15-18-8-6-5-7-16(18)2/h5-14H,4,15H2,1-3H3,(H,22,25)/b14-11+. The van der Waals surface area contributed by atoms with Crippen LogP contribution in [0.5, 0.6) is 0 Å². The average molecular weight is 352 g/mol. The smallest absolute Gasteiger partial charge is 0.330 e. The molecule has 0 spiro atoms. The molecular weight excluding hydrogens is 328 g/mol. The number of hydrogen-bond donors (Lipinski definition) is 1. The lowest BCUT2D eigenvalue weighted by Crippen LogP contribution is -2.31. The van der Waals surface area contributed by atoms with E-state index in [1.54, 1.807) is 37.1 Å². The van der Waals surface area contributed by atoms with E-state index in [4.69, 9.17) is 4.74 Å². The molecule has 0 atom stereocenters. The Morgan fingerprint density at radius 3 is 2.46 bits per heavy atom. The van der Waals surface area contributed by atoms with Gasteiger partial charge in [-0.05, 0) is 48.7 Å². The van der Waals surface area contributed by atoms with E-state index in [0.29, 0.717) is 18.8 Å². The number of benzene rings is 2. The van der Waals surface area contributed by atoms with E-state index >= 15 is 0 Å².